The van der Waals surface area contributed by atoms with Gasteiger partial charge in [-0.05, 0) is 45.4 Å². The Morgan fingerprint density at radius 2 is 2.25 bits per heavy atom. The van der Waals surface area contributed by atoms with E-state index < -0.39 is 0 Å². The van der Waals surface area contributed by atoms with Gasteiger partial charge in [0, 0.05) is 18.8 Å². The Hall–Kier alpha value is -1.75. The minimum atomic E-state index is -0.0721. The highest BCUT2D eigenvalue weighted by atomic mass is 16.5. The molecule has 1 atom stereocenters. The zero-order valence-electron chi connectivity index (χ0n) is 12.3. The van der Waals surface area contributed by atoms with Crippen molar-refractivity contribution in [3.8, 4) is 5.75 Å². The highest BCUT2D eigenvalue weighted by Crippen LogP contribution is 2.31. The molecule has 5 heteroatoms. The Bertz CT molecular complexity index is 486. The molecule has 20 heavy (non-hydrogen) atoms. The van der Waals surface area contributed by atoms with E-state index in [1.807, 2.05) is 39.0 Å². The molecule has 0 spiro atoms. The van der Waals surface area contributed by atoms with Crippen molar-refractivity contribution in [2.75, 3.05) is 24.2 Å². The fraction of sp³-hybridized carbons (Fsp3) is 0.533. The largest absolute Gasteiger partial charge is 0.481 e. The quantitative estimate of drug-likeness (QED) is 0.641. The van der Waals surface area contributed by atoms with Crippen molar-refractivity contribution in [3.05, 3.63) is 18.2 Å². The summed E-state index contributed by atoms with van der Waals surface area (Å²) in [5, 5.41) is 3.29. The van der Waals surface area contributed by atoms with Crippen LogP contribution in [0.15, 0.2) is 23.2 Å². The molecule has 3 N–H and O–H groups in total. The van der Waals surface area contributed by atoms with Gasteiger partial charge in [-0.3, -0.25) is 4.99 Å². The Morgan fingerprint density at radius 3 is 3.00 bits per heavy atom. The summed E-state index contributed by atoms with van der Waals surface area (Å²) in [7, 11) is 0. The summed E-state index contributed by atoms with van der Waals surface area (Å²) in [5.74, 6) is 1.65. The number of nitrogens with one attached hydrogen (secondary N) is 1. The number of amidine groups is 1. The second-order valence-corrected chi connectivity index (χ2v) is 5.18. The van der Waals surface area contributed by atoms with Crippen molar-refractivity contribution in [2.24, 2.45) is 4.99 Å². The van der Waals surface area contributed by atoms with Crippen molar-refractivity contribution in [1.82, 2.24) is 0 Å². The van der Waals surface area contributed by atoms with Crippen LogP contribution >= 0.6 is 0 Å². The van der Waals surface area contributed by atoms with E-state index in [1.165, 1.54) is 0 Å². The molecule has 1 unspecified atom stereocenters. The Labute approximate surface area is 120 Å². The van der Waals surface area contributed by atoms with E-state index in [0.29, 0.717) is 5.69 Å². The summed E-state index contributed by atoms with van der Waals surface area (Å²) in [6, 6.07) is 5.57. The van der Waals surface area contributed by atoms with Crippen LogP contribution in [0.1, 0.15) is 27.2 Å². The van der Waals surface area contributed by atoms with E-state index in [-0.39, 0.29) is 12.2 Å². The van der Waals surface area contributed by atoms with Crippen molar-refractivity contribution in [1.29, 1.82) is 0 Å². The molecule has 2 rings (SSSR count). The highest BCUT2D eigenvalue weighted by Gasteiger charge is 2.21. The zero-order chi connectivity index (χ0) is 14.5. The summed E-state index contributed by atoms with van der Waals surface area (Å²) in [6.45, 7) is 7.50. The summed E-state index contributed by atoms with van der Waals surface area (Å²) >= 11 is 0. The predicted octanol–water partition coefficient (Wildman–Crippen LogP) is 2.68. The number of rotatable bonds is 5. The average Bonchev–Trinajstić information content (AvgIpc) is 2.39. The Morgan fingerprint density at radius 1 is 1.45 bits per heavy atom. The summed E-state index contributed by atoms with van der Waals surface area (Å²) < 4.78 is 11.3. The Balaban J connectivity index is 1.92. The van der Waals surface area contributed by atoms with Crippen molar-refractivity contribution < 1.29 is 9.47 Å². The molecule has 0 saturated carbocycles. The van der Waals surface area contributed by atoms with E-state index in [2.05, 4.69) is 10.3 Å². The van der Waals surface area contributed by atoms with Gasteiger partial charge in [-0.1, -0.05) is 0 Å². The van der Waals surface area contributed by atoms with Crippen LogP contribution in [0.5, 0.6) is 5.75 Å². The first-order valence-electron chi connectivity index (χ1n) is 7.05. The van der Waals surface area contributed by atoms with Gasteiger partial charge in [-0.2, -0.15) is 0 Å². The van der Waals surface area contributed by atoms with Gasteiger partial charge in [-0.15, -0.1) is 0 Å². The molecule has 0 saturated heterocycles. The number of hydrogen-bond donors (Lipinski definition) is 2. The second-order valence-electron chi connectivity index (χ2n) is 5.18. The molecule has 0 bridgehead atoms. The van der Waals surface area contributed by atoms with Crippen LogP contribution in [0.25, 0.3) is 0 Å². The van der Waals surface area contributed by atoms with Crippen LogP contribution < -0.4 is 15.8 Å². The number of nitrogens with two attached hydrogens (primary N) is 1. The number of ether oxygens (including phenoxy) is 2. The van der Waals surface area contributed by atoms with Crippen LogP contribution in [-0.2, 0) is 4.74 Å². The second kappa shape index (κ2) is 6.61. The lowest BCUT2D eigenvalue weighted by Crippen LogP contribution is -2.35. The van der Waals surface area contributed by atoms with E-state index >= 15 is 0 Å². The lowest BCUT2D eigenvalue weighted by atomic mass is 10.2. The van der Waals surface area contributed by atoms with Gasteiger partial charge >= 0.3 is 0 Å². The first kappa shape index (κ1) is 14.7. The number of benzene rings is 1. The molecule has 1 heterocycles. The lowest BCUT2D eigenvalue weighted by Gasteiger charge is -2.26. The minimum Gasteiger partial charge on any atom is -0.481 e. The van der Waals surface area contributed by atoms with Gasteiger partial charge in [0.25, 0.3) is 0 Å². The summed E-state index contributed by atoms with van der Waals surface area (Å²) in [5.41, 5.74) is 7.36. The van der Waals surface area contributed by atoms with Gasteiger partial charge in [0.15, 0.2) is 6.10 Å². The van der Waals surface area contributed by atoms with Gasteiger partial charge in [-0.25, -0.2) is 0 Å². The van der Waals surface area contributed by atoms with E-state index in [9.17, 15) is 0 Å². The maximum atomic E-state index is 5.81. The van der Waals surface area contributed by atoms with Crippen LogP contribution in [-0.4, -0.2) is 31.2 Å². The number of fused-ring (bicyclic) bond motifs is 1. The third kappa shape index (κ3) is 3.87. The van der Waals surface area contributed by atoms with Crippen molar-refractivity contribution in [3.63, 3.8) is 0 Å². The van der Waals surface area contributed by atoms with E-state index in [4.69, 9.17) is 15.2 Å². The molecule has 1 aliphatic heterocycles. The van der Waals surface area contributed by atoms with Crippen molar-refractivity contribution >= 4 is 17.2 Å². The fourth-order valence-electron chi connectivity index (χ4n) is 1.99. The maximum Gasteiger partial charge on any atom is 0.153 e. The van der Waals surface area contributed by atoms with Gasteiger partial charge in [0.05, 0.1) is 11.8 Å². The average molecular weight is 277 g/mol. The normalized spacial score (nSPS) is 19.6. The van der Waals surface area contributed by atoms with Gasteiger partial charge < -0.3 is 20.5 Å². The maximum absolute atomic E-state index is 5.81. The fourth-order valence-corrected chi connectivity index (χ4v) is 1.99. The molecular formula is C15H23N3O2. The topological polar surface area (TPSA) is 68.9 Å². The number of anilines is 2. The van der Waals surface area contributed by atoms with Crippen LogP contribution in [0.3, 0.4) is 0 Å². The van der Waals surface area contributed by atoms with Crippen molar-refractivity contribution in [2.45, 2.75) is 39.4 Å². The molecule has 0 amide bonds. The lowest BCUT2D eigenvalue weighted by molar-refractivity contribution is 0.0782. The molecule has 0 aliphatic carbocycles. The molecule has 0 fully saturated rings. The number of nitrogens with zero attached hydrogens (tertiary/aromatic N) is 1. The minimum absolute atomic E-state index is 0.0721. The van der Waals surface area contributed by atoms with Gasteiger partial charge in [0.2, 0.25) is 0 Å². The summed E-state index contributed by atoms with van der Waals surface area (Å²) in [6.07, 6.45) is 1.10. The molecule has 5 nitrogen and oxygen atoms in total. The number of hydrogen-bond acceptors (Lipinski definition) is 4. The first-order chi connectivity index (χ1) is 9.56. The molecular weight excluding hydrogens is 254 g/mol. The van der Waals surface area contributed by atoms with Crippen LogP contribution in [0.4, 0.5) is 11.4 Å². The molecule has 0 radical (unpaired) electrons. The van der Waals surface area contributed by atoms with Gasteiger partial charge in [0.1, 0.15) is 11.6 Å². The SMILES string of the molecule is CC(C)OCCCN=C1Nc2cc(N)ccc2OC1C. The highest BCUT2D eigenvalue weighted by molar-refractivity contribution is 6.02. The molecule has 110 valence electrons. The molecule has 1 aromatic carbocycles. The molecule has 1 aromatic rings. The van der Waals surface area contributed by atoms with Crippen LogP contribution in [0.2, 0.25) is 0 Å². The smallest absolute Gasteiger partial charge is 0.153 e. The third-order valence-corrected chi connectivity index (χ3v) is 2.99. The first-order valence-corrected chi connectivity index (χ1v) is 7.05. The zero-order valence-corrected chi connectivity index (χ0v) is 12.3. The number of aliphatic imine (C=N–C) groups is 1. The van der Waals surface area contributed by atoms with E-state index in [1.54, 1.807) is 0 Å². The Kier molecular flexibility index (Phi) is 4.84. The molecule has 0 aromatic heterocycles. The summed E-state index contributed by atoms with van der Waals surface area (Å²) in [4.78, 5) is 4.55. The van der Waals surface area contributed by atoms with E-state index in [0.717, 1.165) is 36.8 Å². The standard InChI is InChI=1S/C15H23N3O2/c1-10(2)19-8-4-7-17-15-11(3)20-14-6-5-12(16)9-13(14)18-15/h5-6,9-11H,4,7-8,16H2,1-3H3,(H,17,18). The third-order valence-electron chi connectivity index (χ3n) is 2.99. The molecule has 1 aliphatic rings. The predicted molar refractivity (Wildman–Crippen MR) is 82.6 cm³/mol. The monoisotopic (exact) mass is 277 g/mol. The van der Waals surface area contributed by atoms with Crippen LogP contribution in [0, 0.1) is 0 Å². The number of nitrogen functional groups attached to an aromatic ring is 1.